The molecule has 3 nitrogen and oxygen atoms in total. The van der Waals surface area contributed by atoms with Crippen molar-refractivity contribution < 1.29 is 5.11 Å². The summed E-state index contributed by atoms with van der Waals surface area (Å²) in [5, 5.41) is 12.6. The van der Waals surface area contributed by atoms with Crippen LogP contribution in [0, 0.1) is 5.92 Å². The standard InChI is InChI=1S/C15H23BrN2O/c1-3-17-11(2)14-5-4-13(8-15(14)16)18-7-6-12(9-18)10-19/h4-5,8,11-12,17,19H,3,6-7,9-10H2,1-2H3. The van der Waals surface area contributed by atoms with E-state index in [1.807, 2.05) is 0 Å². The summed E-state index contributed by atoms with van der Waals surface area (Å²) in [7, 11) is 0. The summed E-state index contributed by atoms with van der Waals surface area (Å²) in [5.41, 5.74) is 2.54. The van der Waals surface area contributed by atoms with Gasteiger partial charge in [-0.3, -0.25) is 0 Å². The van der Waals surface area contributed by atoms with E-state index < -0.39 is 0 Å². The Morgan fingerprint density at radius 1 is 1.53 bits per heavy atom. The fourth-order valence-electron chi connectivity index (χ4n) is 2.70. The highest BCUT2D eigenvalue weighted by Crippen LogP contribution is 2.30. The first-order valence-electron chi connectivity index (χ1n) is 7.04. The molecule has 1 aromatic carbocycles. The summed E-state index contributed by atoms with van der Waals surface area (Å²) in [6, 6.07) is 6.94. The molecule has 19 heavy (non-hydrogen) atoms. The molecule has 2 unspecified atom stereocenters. The number of nitrogens with one attached hydrogen (secondary N) is 1. The van der Waals surface area contributed by atoms with Crippen molar-refractivity contribution in [3.8, 4) is 0 Å². The molecule has 1 aromatic rings. The number of hydrogen-bond donors (Lipinski definition) is 2. The summed E-state index contributed by atoms with van der Waals surface area (Å²) >= 11 is 3.68. The Bertz CT molecular complexity index is 425. The molecule has 4 heteroatoms. The number of nitrogens with zero attached hydrogens (tertiary/aromatic N) is 1. The first kappa shape index (κ1) is 14.8. The molecule has 2 N–H and O–H groups in total. The Morgan fingerprint density at radius 3 is 2.89 bits per heavy atom. The van der Waals surface area contributed by atoms with E-state index in [0.29, 0.717) is 18.6 Å². The first-order valence-corrected chi connectivity index (χ1v) is 7.83. The van der Waals surface area contributed by atoms with Gasteiger partial charge in [0, 0.05) is 41.8 Å². The first-order chi connectivity index (χ1) is 9.15. The normalized spacial score (nSPS) is 20.8. The second-order valence-corrected chi connectivity index (χ2v) is 6.12. The van der Waals surface area contributed by atoms with Gasteiger partial charge in [0.2, 0.25) is 0 Å². The maximum absolute atomic E-state index is 9.22. The quantitative estimate of drug-likeness (QED) is 0.873. The van der Waals surface area contributed by atoms with E-state index in [-0.39, 0.29) is 0 Å². The minimum atomic E-state index is 0.299. The number of aliphatic hydroxyl groups is 1. The number of aliphatic hydroxyl groups excluding tert-OH is 1. The molecular formula is C15H23BrN2O. The maximum atomic E-state index is 9.22. The summed E-state index contributed by atoms with van der Waals surface area (Å²) in [6.07, 6.45) is 1.09. The predicted molar refractivity (Wildman–Crippen MR) is 83.6 cm³/mol. The lowest BCUT2D eigenvalue weighted by Crippen LogP contribution is -2.21. The number of rotatable bonds is 5. The predicted octanol–water partition coefficient (Wildman–Crippen LogP) is 2.94. The molecule has 0 amide bonds. The highest BCUT2D eigenvalue weighted by Gasteiger charge is 2.22. The molecule has 2 atom stereocenters. The van der Waals surface area contributed by atoms with Crippen LogP contribution in [0.15, 0.2) is 22.7 Å². The van der Waals surface area contributed by atoms with Crippen molar-refractivity contribution in [2.45, 2.75) is 26.3 Å². The zero-order chi connectivity index (χ0) is 13.8. The largest absolute Gasteiger partial charge is 0.396 e. The van der Waals surface area contributed by atoms with E-state index in [0.717, 1.165) is 30.5 Å². The average molecular weight is 327 g/mol. The molecule has 1 aliphatic rings. The molecule has 1 heterocycles. The molecule has 0 saturated carbocycles. The van der Waals surface area contributed by atoms with Gasteiger partial charge in [0.15, 0.2) is 0 Å². The van der Waals surface area contributed by atoms with Crippen LogP contribution < -0.4 is 10.2 Å². The minimum Gasteiger partial charge on any atom is -0.396 e. The number of anilines is 1. The lowest BCUT2D eigenvalue weighted by atomic mass is 10.1. The molecule has 0 aliphatic carbocycles. The van der Waals surface area contributed by atoms with Crippen LogP contribution in [-0.4, -0.2) is 31.3 Å². The van der Waals surface area contributed by atoms with Crippen LogP contribution in [0.2, 0.25) is 0 Å². The smallest absolute Gasteiger partial charge is 0.0476 e. The highest BCUT2D eigenvalue weighted by atomic mass is 79.9. The molecule has 1 aliphatic heterocycles. The molecule has 2 rings (SSSR count). The van der Waals surface area contributed by atoms with Gasteiger partial charge in [-0.25, -0.2) is 0 Å². The molecule has 0 bridgehead atoms. The van der Waals surface area contributed by atoms with Crippen LogP contribution >= 0.6 is 15.9 Å². The Kier molecular flexibility index (Phi) is 5.25. The van der Waals surface area contributed by atoms with E-state index in [1.54, 1.807) is 0 Å². The highest BCUT2D eigenvalue weighted by molar-refractivity contribution is 9.10. The number of halogens is 1. The number of benzene rings is 1. The van der Waals surface area contributed by atoms with Gasteiger partial charge in [0.1, 0.15) is 0 Å². The van der Waals surface area contributed by atoms with Crippen molar-refractivity contribution in [3.05, 3.63) is 28.2 Å². The minimum absolute atomic E-state index is 0.299. The molecule has 0 spiro atoms. The van der Waals surface area contributed by atoms with E-state index in [9.17, 15) is 5.11 Å². The third-order valence-electron chi connectivity index (χ3n) is 3.87. The van der Waals surface area contributed by atoms with Crippen LogP contribution in [0.3, 0.4) is 0 Å². The Balaban J connectivity index is 2.11. The SMILES string of the molecule is CCNC(C)c1ccc(N2CCC(CO)C2)cc1Br. The van der Waals surface area contributed by atoms with Gasteiger partial charge in [-0.05, 0) is 37.6 Å². The molecule has 1 fully saturated rings. The van der Waals surface area contributed by atoms with Crippen molar-refractivity contribution >= 4 is 21.6 Å². The monoisotopic (exact) mass is 326 g/mol. The Morgan fingerprint density at radius 2 is 2.32 bits per heavy atom. The molecule has 106 valence electrons. The molecule has 0 aromatic heterocycles. The maximum Gasteiger partial charge on any atom is 0.0476 e. The molecule has 0 radical (unpaired) electrons. The van der Waals surface area contributed by atoms with E-state index in [2.05, 4.69) is 58.2 Å². The topological polar surface area (TPSA) is 35.5 Å². The molecular weight excluding hydrogens is 304 g/mol. The van der Waals surface area contributed by atoms with E-state index in [4.69, 9.17) is 0 Å². The van der Waals surface area contributed by atoms with Crippen molar-refractivity contribution in [2.24, 2.45) is 5.92 Å². The van der Waals surface area contributed by atoms with Crippen LogP contribution in [0.4, 0.5) is 5.69 Å². The van der Waals surface area contributed by atoms with Gasteiger partial charge < -0.3 is 15.3 Å². The van der Waals surface area contributed by atoms with Crippen molar-refractivity contribution in [1.29, 1.82) is 0 Å². The summed E-state index contributed by atoms with van der Waals surface area (Å²) < 4.78 is 1.16. The van der Waals surface area contributed by atoms with Crippen molar-refractivity contribution in [3.63, 3.8) is 0 Å². The fraction of sp³-hybridized carbons (Fsp3) is 0.600. The number of hydrogen-bond acceptors (Lipinski definition) is 3. The third-order valence-corrected chi connectivity index (χ3v) is 4.56. The zero-order valence-electron chi connectivity index (χ0n) is 11.7. The van der Waals surface area contributed by atoms with Gasteiger partial charge in [0.25, 0.3) is 0 Å². The van der Waals surface area contributed by atoms with Crippen LogP contribution in [0.5, 0.6) is 0 Å². The van der Waals surface area contributed by atoms with E-state index >= 15 is 0 Å². The van der Waals surface area contributed by atoms with Gasteiger partial charge in [-0.1, -0.05) is 28.9 Å². The fourth-order valence-corrected chi connectivity index (χ4v) is 3.41. The van der Waals surface area contributed by atoms with Gasteiger partial charge in [0.05, 0.1) is 0 Å². The van der Waals surface area contributed by atoms with Crippen LogP contribution in [-0.2, 0) is 0 Å². The lowest BCUT2D eigenvalue weighted by Gasteiger charge is -2.21. The summed E-state index contributed by atoms with van der Waals surface area (Å²) in [4.78, 5) is 2.35. The second kappa shape index (κ2) is 6.73. The Hall–Kier alpha value is -0.580. The van der Waals surface area contributed by atoms with Crippen LogP contribution in [0.25, 0.3) is 0 Å². The Labute approximate surface area is 124 Å². The van der Waals surface area contributed by atoms with Gasteiger partial charge >= 0.3 is 0 Å². The average Bonchev–Trinajstić information content (AvgIpc) is 2.87. The summed E-state index contributed by atoms with van der Waals surface area (Å²) in [5.74, 6) is 0.430. The molecule has 1 saturated heterocycles. The summed E-state index contributed by atoms with van der Waals surface area (Å²) in [6.45, 7) is 7.58. The van der Waals surface area contributed by atoms with E-state index in [1.165, 1.54) is 11.3 Å². The van der Waals surface area contributed by atoms with Gasteiger partial charge in [-0.2, -0.15) is 0 Å². The third kappa shape index (κ3) is 3.50. The zero-order valence-corrected chi connectivity index (χ0v) is 13.3. The lowest BCUT2D eigenvalue weighted by molar-refractivity contribution is 0.238. The second-order valence-electron chi connectivity index (χ2n) is 5.27. The van der Waals surface area contributed by atoms with Crippen molar-refractivity contribution in [1.82, 2.24) is 5.32 Å². The van der Waals surface area contributed by atoms with Crippen molar-refractivity contribution in [2.75, 3.05) is 31.1 Å². The van der Waals surface area contributed by atoms with Crippen LogP contribution in [0.1, 0.15) is 31.9 Å². The van der Waals surface area contributed by atoms with Gasteiger partial charge in [-0.15, -0.1) is 0 Å².